The molecule has 0 aliphatic carbocycles. The van der Waals surface area contributed by atoms with Gasteiger partial charge in [-0.25, -0.2) is 4.79 Å². The van der Waals surface area contributed by atoms with Crippen molar-refractivity contribution in [1.82, 2.24) is 0 Å². The number of anilines is 1. The molecule has 0 radical (unpaired) electrons. The van der Waals surface area contributed by atoms with Crippen LogP contribution >= 0.6 is 23.2 Å². The summed E-state index contributed by atoms with van der Waals surface area (Å²) in [6.07, 6.45) is -0.333. The fourth-order valence-corrected chi connectivity index (χ4v) is 1.28. The third-order valence-corrected chi connectivity index (χ3v) is 2.00. The van der Waals surface area contributed by atoms with Gasteiger partial charge in [0.1, 0.15) is 5.17 Å². The van der Waals surface area contributed by atoms with Crippen LogP contribution in [0.2, 0.25) is 0 Å². The van der Waals surface area contributed by atoms with Crippen LogP contribution in [-0.2, 0) is 4.84 Å². The molecule has 1 aromatic rings. The van der Waals surface area contributed by atoms with E-state index in [9.17, 15) is 4.79 Å². The standard InChI is InChI=1S/C10H10Cl2N2O2.Ca.2ClH/c11-7-6-9(12)14-16-10(15)13-8-4-2-1-3-5-8;;;/h1-5H,6-7H2,(H,13,15);;2*1H/q;+2;;/p-2/b14-9+;;;. The van der Waals surface area contributed by atoms with Crippen LogP contribution < -0.4 is 30.1 Å². The van der Waals surface area contributed by atoms with E-state index in [-0.39, 0.29) is 67.7 Å². The third kappa shape index (κ3) is 12.1. The van der Waals surface area contributed by atoms with Crippen LogP contribution in [0.15, 0.2) is 35.5 Å². The Balaban J connectivity index is -0.000000853. The molecule has 0 aliphatic rings. The van der Waals surface area contributed by atoms with Crippen molar-refractivity contribution in [3.63, 3.8) is 0 Å². The number of carbonyl (C=O) groups is 1. The molecule has 1 amide bonds. The number of carbonyl (C=O) groups excluding carboxylic acids is 1. The van der Waals surface area contributed by atoms with E-state index in [1.54, 1.807) is 24.3 Å². The minimum Gasteiger partial charge on any atom is -1.00 e. The van der Waals surface area contributed by atoms with E-state index in [4.69, 9.17) is 23.2 Å². The summed E-state index contributed by atoms with van der Waals surface area (Å²) in [6, 6.07) is 8.88. The number of alkyl halides is 1. The summed E-state index contributed by atoms with van der Waals surface area (Å²) >= 11 is 11.0. The number of benzene rings is 1. The molecule has 0 spiro atoms. The molecule has 4 nitrogen and oxygen atoms in total. The molecule has 1 N–H and O–H groups in total. The van der Waals surface area contributed by atoms with Crippen LogP contribution in [0.1, 0.15) is 6.42 Å². The van der Waals surface area contributed by atoms with Gasteiger partial charge in [0.25, 0.3) is 0 Å². The van der Waals surface area contributed by atoms with Gasteiger partial charge in [-0.1, -0.05) is 35.0 Å². The van der Waals surface area contributed by atoms with Crippen LogP contribution in [0, 0.1) is 0 Å². The van der Waals surface area contributed by atoms with Gasteiger partial charge in [-0.3, -0.25) is 10.2 Å². The number of nitrogens with zero attached hydrogens (tertiary/aromatic N) is 1. The summed E-state index contributed by atoms with van der Waals surface area (Å²) in [7, 11) is 0. The Kier molecular flexibility index (Phi) is 19.4. The molecule has 9 heteroatoms. The fourth-order valence-electron chi connectivity index (χ4n) is 0.877. The Bertz CT molecular complexity index is 379. The van der Waals surface area contributed by atoms with Gasteiger partial charge < -0.3 is 24.8 Å². The van der Waals surface area contributed by atoms with Gasteiger partial charge in [-0.15, -0.1) is 11.6 Å². The van der Waals surface area contributed by atoms with Crippen molar-refractivity contribution >= 4 is 77.9 Å². The molecular weight excluding hydrogens is 362 g/mol. The van der Waals surface area contributed by atoms with Gasteiger partial charge >= 0.3 is 43.8 Å². The van der Waals surface area contributed by atoms with E-state index in [2.05, 4.69) is 15.3 Å². The van der Waals surface area contributed by atoms with Crippen LogP contribution in [0.4, 0.5) is 10.5 Å². The molecule has 0 heterocycles. The normalized spacial score (nSPS) is 9.26. The zero-order valence-corrected chi connectivity index (χ0v) is 15.0. The van der Waals surface area contributed by atoms with E-state index in [1.807, 2.05) is 6.07 Å². The molecule has 19 heavy (non-hydrogen) atoms. The third-order valence-electron chi connectivity index (χ3n) is 1.55. The van der Waals surface area contributed by atoms with Crippen LogP contribution in [0.5, 0.6) is 0 Å². The SMILES string of the molecule is O=C(Nc1ccccc1)O/N=C(/Cl)CCCl.[Ca+2].[Cl-].[Cl-]. The van der Waals surface area contributed by atoms with E-state index >= 15 is 0 Å². The number of para-hydroxylation sites is 1. The van der Waals surface area contributed by atoms with Gasteiger partial charge in [-0.2, -0.15) is 0 Å². The van der Waals surface area contributed by atoms with E-state index in [0.717, 1.165) is 0 Å². The van der Waals surface area contributed by atoms with Crippen molar-refractivity contribution in [3.05, 3.63) is 30.3 Å². The number of amides is 1. The van der Waals surface area contributed by atoms with E-state index in [0.29, 0.717) is 18.0 Å². The molecule has 0 aromatic heterocycles. The molecule has 0 bridgehead atoms. The maximum Gasteiger partial charge on any atom is 2.00 e. The summed E-state index contributed by atoms with van der Waals surface area (Å²) in [4.78, 5) is 15.7. The molecule has 102 valence electrons. The molecule has 0 saturated heterocycles. The monoisotopic (exact) mass is 370 g/mol. The zero-order chi connectivity index (χ0) is 11.8. The Morgan fingerprint density at radius 2 is 1.84 bits per heavy atom. The topological polar surface area (TPSA) is 50.7 Å². The molecule has 0 unspecified atom stereocenters. The fraction of sp³-hybridized carbons (Fsp3) is 0.200. The molecule has 0 aliphatic heterocycles. The van der Waals surface area contributed by atoms with Crippen molar-refractivity contribution in [2.24, 2.45) is 5.16 Å². The summed E-state index contributed by atoms with van der Waals surface area (Å²) in [6.45, 7) is 0. The first-order chi connectivity index (χ1) is 7.72. The number of oxime groups is 1. The maximum absolute atomic E-state index is 11.2. The van der Waals surface area contributed by atoms with Crippen LogP contribution in [0.3, 0.4) is 0 Å². The quantitative estimate of drug-likeness (QED) is 0.202. The Labute approximate surface area is 164 Å². The average Bonchev–Trinajstić information content (AvgIpc) is 2.28. The van der Waals surface area contributed by atoms with Gasteiger partial charge in [0.05, 0.1) is 0 Å². The number of nitrogens with one attached hydrogen (secondary N) is 1. The van der Waals surface area contributed by atoms with Crippen LogP contribution in [-0.4, -0.2) is 54.9 Å². The van der Waals surface area contributed by atoms with Crippen molar-refractivity contribution in [2.75, 3.05) is 11.2 Å². The minimum atomic E-state index is -0.695. The first-order valence-corrected chi connectivity index (χ1v) is 5.45. The number of hydrogen-bond donors (Lipinski definition) is 1. The molecule has 1 aromatic carbocycles. The Hall–Kier alpha value is 0.580. The summed E-state index contributed by atoms with van der Waals surface area (Å²) in [5, 5.41) is 6.03. The van der Waals surface area contributed by atoms with Crippen molar-refractivity contribution in [2.45, 2.75) is 6.42 Å². The van der Waals surface area contributed by atoms with Gasteiger partial charge in [0.2, 0.25) is 0 Å². The van der Waals surface area contributed by atoms with Gasteiger partial charge in [0.15, 0.2) is 0 Å². The summed E-state index contributed by atoms with van der Waals surface area (Å²) in [5.74, 6) is 0.325. The Morgan fingerprint density at radius 1 is 1.26 bits per heavy atom. The zero-order valence-electron chi connectivity index (χ0n) is 9.78. The minimum absolute atomic E-state index is 0. The second-order valence-corrected chi connectivity index (χ2v) is 3.59. The smallest absolute Gasteiger partial charge is 1.00 e. The molecule has 0 fully saturated rings. The second-order valence-electron chi connectivity index (χ2n) is 2.78. The van der Waals surface area contributed by atoms with Gasteiger partial charge in [-0.05, 0) is 12.1 Å². The second kappa shape index (κ2) is 15.0. The summed E-state index contributed by atoms with van der Waals surface area (Å²) in [5.41, 5.74) is 0.621. The maximum atomic E-state index is 11.2. The average molecular weight is 372 g/mol. The molecular formula is C10H10CaCl4N2O2. The molecule has 1 rings (SSSR count). The van der Waals surface area contributed by atoms with E-state index < -0.39 is 6.09 Å². The van der Waals surface area contributed by atoms with Gasteiger partial charge in [0, 0.05) is 18.0 Å². The number of hydrogen-bond acceptors (Lipinski definition) is 3. The Morgan fingerprint density at radius 3 is 2.37 bits per heavy atom. The van der Waals surface area contributed by atoms with E-state index in [1.165, 1.54) is 0 Å². The van der Waals surface area contributed by atoms with Crippen molar-refractivity contribution < 1.29 is 34.4 Å². The molecule has 0 atom stereocenters. The predicted molar refractivity (Wildman–Crippen MR) is 70.9 cm³/mol. The predicted octanol–water partition coefficient (Wildman–Crippen LogP) is -2.96. The first kappa shape index (κ1) is 24.6. The van der Waals surface area contributed by atoms with Crippen LogP contribution in [0.25, 0.3) is 0 Å². The van der Waals surface area contributed by atoms with Crippen molar-refractivity contribution in [3.8, 4) is 0 Å². The summed E-state index contributed by atoms with van der Waals surface area (Å²) < 4.78 is 0. The number of rotatable bonds is 4. The molecule has 0 saturated carbocycles. The largest absolute Gasteiger partial charge is 2.00 e. The first-order valence-electron chi connectivity index (χ1n) is 4.53. The van der Waals surface area contributed by atoms with Crippen molar-refractivity contribution in [1.29, 1.82) is 0 Å². The number of halogens is 4.